The molecule has 0 spiro atoms. The summed E-state index contributed by atoms with van der Waals surface area (Å²) in [5.74, 6) is -0.00359. The fraction of sp³-hybridized carbons (Fsp3) is 0.358. The van der Waals surface area contributed by atoms with Gasteiger partial charge in [0.15, 0.2) is 11.6 Å². The van der Waals surface area contributed by atoms with Gasteiger partial charge in [-0.05, 0) is 93.1 Å². The number of nitrogens with one attached hydrogen (secondary N) is 3. The van der Waals surface area contributed by atoms with Gasteiger partial charge >= 0.3 is 0 Å². The Balaban J connectivity index is 0.815. The molecule has 19 heteroatoms. The van der Waals surface area contributed by atoms with E-state index in [0.717, 1.165) is 54.0 Å². The molecule has 6 heterocycles. The molecule has 4 N–H and O–H groups in total. The number of aliphatic hydroxyl groups is 1. The van der Waals surface area contributed by atoms with Crippen LogP contribution >= 0.6 is 34.3 Å². The highest BCUT2D eigenvalue weighted by atomic mass is 35.5. The number of rotatable bonds is 14. The van der Waals surface area contributed by atoms with Crippen LogP contribution in [0.3, 0.4) is 0 Å². The molecule has 0 bridgehead atoms. The lowest BCUT2D eigenvalue weighted by Crippen LogP contribution is -2.57. The quantitative estimate of drug-likeness (QED) is 0.0764. The van der Waals surface area contributed by atoms with Crippen LogP contribution in [0.2, 0.25) is 5.02 Å². The number of hydrogen-bond acceptors (Lipinski definition) is 13. The van der Waals surface area contributed by atoms with Crippen LogP contribution in [-0.4, -0.2) is 97.0 Å². The molecule has 0 aliphatic carbocycles. The van der Waals surface area contributed by atoms with Gasteiger partial charge in [-0.3, -0.25) is 28.7 Å². The lowest BCUT2D eigenvalue weighted by Gasteiger charge is -2.35. The molecule has 2 aliphatic heterocycles. The van der Waals surface area contributed by atoms with Crippen LogP contribution in [0.25, 0.3) is 26.4 Å². The van der Waals surface area contributed by atoms with E-state index in [1.807, 2.05) is 100 Å². The number of aliphatic imine (C=N–C) groups is 1. The van der Waals surface area contributed by atoms with E-state index in [4.69, 9.17) is 25.7 Å². The Bertz CT molecular complexity index is 3220. The van der Waals surface area contributed by atoms with Gasteiger partial charge in [-0.15, -0.1) is 32.9 Å². The Kier molecular flexibility index (Phi) is 14.2. The molecule has 16 nitrogen and oxygen atoms in total. The first-order valence-corrected chi connectivity index (χ1v) is 25.8. The number of hydrogen-bond donors (Lipinski definition) is 4. The SMILES string of the molecule is Cc1ncsc1-c1ccc([C@H](C)NC(=O)[C@@H]2C[C@@H](O)CN2C(=O)[C@@H](NC(=O)c2cc3cc(OCCNC(=O)C[C@@H]4N=C(c5ccc(Cl)cc5)c5c(sc(C)c5C)-n5c(C)nnc54)ccc3o2)C(C)(C)C)cc1. The molecule has 2 aliphatic rings. The van der Waals surface area contributed by atoms with E-state index in [2.05, 4.69) is 45.0 Å². The second-order valence-corrected chi connectivity index (χ2v) is 21.9. The number of fused-ring (bicyclic) bond motifs is 4. The van der Waals surface area contributed by atoms with E-state index >= 15 is 0 Å². The summed E-state index contributed by atoms with van der Waals surface area (Å²) in [6.07, 6.45) is -0.840. The molecule has 5 atom stereocenters. The number of halogens is 1. The highest BCUT2D eigenvalue weighted by Crippen LogP contribution is 2.40. The van der Waals surface area contributed by atoms with E-state index in [-0.39, 0.29) is 50.2 Å². The number of benzene rings is 3. The number of β-amino-alcohol motifs (C(OH)–C–C–N with tert-alkyl or cyclic N) is 1. The van der Waals surface area contributed by atoms with Crippen molar-refractivity contribution in [2.45, 2.75) is 98.5 Å². The third kappa shape index (κ3) is 10.3. The maximum Gasteiger partial charge on any atom is 0.287 e. The number of thiazole rings is 1. The van der Waals surface area contributed by atoms with Gasteiger partial charge in [-0.2, -0.15) is 0 Å². The summed E-state index contributed by atoms with van der Waals surface area (Å²) in [6.45, 7) is 15.6. The first-order chi connectivity index (χ1) is 34.3. The molecule has 7 aromatic rings. The highest BCUT2D eigenvalue weighted by molar-refractivity contribution is 7.15. The van der Waals surface area contributed by atoms with Crippen LogP contribution in [0.4, 0.5) is 0 Å². The molecule has 0 unspecified atom stereocenters. The van der Waals surface area contributed by atoms with E-state index in [0.29, 0.717) is 33.4 Å². The van der Waals surface area contributed by atoms with Crippen LogP contribution in [0.1, 0.15) is 108 Å². The predicted octanol–water partition coefficient (Wildman–Crippen LogP) is 8.55. The fourth-order valence-corrected chi connectivity index (χ4v) is 11.3. The summed E-state index contributed by atoms with van der Waals surface area (Å²) < 4.78 is 14.0. The van der Waals surface area contributed by atoms with Crippen LogP contribution in [0.5, 0.6) is 5.75 Å². The molecule has 72 heavy (non-hydrogen) atoms. The zero-order chi connectivity index (χ0) is 51.2. The Morgan fingerprint density at radius 3 is 2.40 bits per heavy atom. The van der Waals surface area contributed by atoms with E-state index in [1.54, 1.807) is 46.9 Å². The molecule has 1 saturated heterocycles. The van der Waals surface area contributed by atoms with Crippen LogP contribution in [0, 0.1) is 33.1 Å². The minimum Gasteiger partial charge on any atom is -0.492 e. The number of thiophene rings is 1. The van der Waals surface area contributed by atoms with Gasteiger partial charge in [0, 0.05) is 39.4 Å². The normalized spacial score (nSPS) is 17.4. The van der Waals surface area contributed by atoms with Crippen molar-refractivity contribution in [3.8, 4) is 21.2 Å². The van der Waals surface area contributed by atoms with Crippen molar-refractivity contribution in [2.24, 2.45) is 10.4 Å². The minimum atomic E-state index is -1.07. The maximum absolute atomic E-state index is 14.4. The zero-order valence-corrected chi connectivity index (χ0v) is 43.6. The van der Waals surface area contributed by atoms with Crippen LogP contribution < -0.4 is 20.7 Å². The first-order valence-electron chi connectivity index (χ1n) is 23.7. The molecular weight excluding hydrogens is 974 g/mol. The van der Waals surface area contributed by atoms with E-state index in [9.17, 15) is 24.3 Å². The van der Waals surface area contributed by atoms with Gasteiger partial charge in [0.1, 0.15) is 46.9 Å². The maximum atomic E-state index is 14.4. The third-order valence-corrected chi connectivity index (χ3v) is 15.6. The minimum absolute atomic E-state index is 0.0235. The number of aromatic nitrogens is 4. The van der Waals surface area contributed by atoms with Gasteiger partial charge in [0.25, 0.3) is 5.91 Å². The average Bonchev–Trinajstić information content (AvgIpc) is 4.18. The monoisotopic (exact) mass is 1030 g/mol. The van der Waals surface area contributed by atoms with E-state index in [1.165, 1.54) is 4.90 Å². The Labute approximate surface area is 429 Å². The molecule has 1 fully saturated rings. The molecule has 0 radical (unpaired) electrons. The van der Waals surface area contributed by atoms with Crippen LogP contribution in [-0.2, 0) is 14.4 Å². The topological polar surface area (TPSA) is 206 Å². The van der Waals surface area contributed by atoms with Gasteiger partial charge in [0.2, 0.25) is 17.7 Å². The van der Waals surface area contributed by atoms with Crippen molar-refractivity contribution in [1.29, 1.82) is 0 Å². The predicted molar refractivity (Wildman–Crippen MR) is 278 cm³/mol. The van der Waals surface area contributed by atoms with Gasteiger partial charge < -0.3 is 35.1 Å². The first kappa shape index (κ1) is 50.2. The molecule has 9 rings (SSSR count). The lowest BCUT2D eigenvalue weighted by atomic mass is 9.85. The van der Waals surface area contributed by atoms with Crippen molar-refractivity contribution >= 4 is 74.6 Å². The fourth-order valence-electron chi connectivity index (χ4n) is 9.18. The number of furan rings is 1. The summed E-state index contributed by atoms with van der Waals surface area (Å²) in [7, 11) is 0. The molecule has 0 saturated carbocycles. The van der Waals surface area contributed by atoms with Crippen molar-refractivity contribution in [3.05, 3.63) is 134 Å². The van der Waals surface area contributed by atoms with Gasteiger partial charge in [-0.25, -0.2) is 4.98 Å². The highest BCUT2D eigenvalue weighted by Gasteiger charge is 2.45. The molecule has 3 aromatic carbocycles. The number of aliphatic hydroxyl groups excluding tert-OH is 1. The Morgan fingerprint density at radius 1 is 0.958 bits per heavy atom. The number of nitrogens with zero attached hydrogens (tertiary/aromatic N) is 6. The lowest BCUT2D eigenvalue weighted by molar-refractivity contribution is -0.142. The number of amides is 4. The van der Waals surface area contributed by atoms with E-state index < -0.39 is 47.4 Å². The number of ether oxygens (including phenoxy) is 1. The number of carbonyl (C=O) groups excluding carboxylic acids is 4. The van der Waals surface area contributed by atoms with Crippen LogP contribution in [0.15, 0.2) is 87.7 Å². The summed E-state index contributed by atoms with van der Waals surface area (Å²) in [5.41, 5.74) is 8.04. The smallest absolute Gasteiger partial charge is 0.287 e. The third-order valence-electron chi connectivity index (χ3n) is 13.2. The standard InChI is InChI=1S/C53H56ClN9O7S2/c1-27-30(4)72-52-44(27)45(33-13-15-36(54)16-14-33)58-39(48-61-60-31(5)63(48)52)24-43(65)55-19-20-69-38-17-18-41-35(21-38)22-42(70-41)50(67)59-47(53(6,7)8)51(68)62-25-37(64)23-40(62)49(66)57-28(2)32-9-11-34(12-10-32)46-29(3)56-26-71-46/h9-18,21-22,26,28,37,39-40,47,64H,19-20,23-25H2,1-8H3,(H,55,65)(H,57,66)(H,59,67)/t28-,37+,39-,40-,47+/m0/s1. The van der Waals surface area contributed by atoms with Gasteiger partial charge in [-0.1, -0.05) is 68.8 Å². The van der Waals surface area contributed by atoms with Gasteiger partial charge in [0.05, 0.1) is 46.9 Å². The molecule has 4 aromatic heterocycles. The number of aryl methyl sites for hydroxylation is 3. The number of likely N-dealkylation sites (tertiary alicyclic amines) is 1. The Morgan fingerprint density at radius 2 is 1.69 bits per heavy atom. The summed E-state index contributed by atoms with van der Waals surface area (Å²) in [6, 6.07) is 19.1. The second kappa shape index (κ2) is 20.4. The van der Waals surface area contributed by atoms with Crippen molar-refractivity contribution in [2.75, 3.05) is 19.7 Å². The molecule has 4 amide bonds. The Hall–Kier alpha value is -6.73. The average molecular weight is 1030 g/mol. The molecule has 374 valence electrons. The zero-order valence-electron chi connectivity index (χ0n) is 41.2. The summed E-state index contributed by atoms with van der Waals surface area (Å²) >= 11 is 9.47. The van der Waals surface area contributed by atoms with Crippen molar-refractivity contribution < 1.29 is 33.4 Å². The van der Waals surface area contributed by atoms with Crippen molar-refractivity contribution in [1.82, 2.24) is 40.6 Å². The molecular formula is C53H56ClN9O7S2. The number of carbonyl (C=O) groups is 4. The van der Waals surface area contributed by atoms with Crippen molar-refractivity contribution in [3.63, 3.8) is 0 Å². The summed E-state index contributed by atoms with van der Waals surface area (Å²) in [4.78, 5) is 68.7. The summed E-state index contributed by atoms with van der Waals surface area (Å²) in [5, 5.41) is 30.7. The largest absolute Gasteiger partial charge is 0.492 e. The second-order valence-electron chi connectivity index (χ2n) is 19.4.